The highest BCUT2D eigenvalue weighted by Crippen LogP contribution is 2.20. The molecule has 0 spiro atoms. The molecule has 0 radical (unpaired) electrons. The first-order valence-electron chi connectivity index (χ1n) is 6.74. The van der Waals surface area contributed by atoms with Gasteiger partial charge in [-0.25, -0.2) is 0 Å². The van der Waals surface area contributed by atoms with Crippen LogP contribution >= 0.6 is 0 Å². The summed E-state index contributed by atoms with van der Waals surface area (Å²) in [6.07, 6.45) is 0.720. The summed E-state index contributed by atoms with van der Waals surface area (Å²) in [5.41, 5.74) is 1.08. The van der Waals surface area contributed by atoms with Crippen LogP contribution in [0.1, 0.15) is 36.2 Å². The molecule has 0 atom stereocenters. The first-order chi connectivity index (χ1) is 9.49. The number of hydrogen-bond acceptors (Lipinski definition) is 4. The van der Waals surface area contributed by atoms with Crippen LogP contribution in [0.2, 0.25) is 0 Å². The highest BCUT2D eigenvalue weighted by molar-refractivity contribution is 5.98. The van der Waals surface area contributed by atoms with Crippen LogP contribution < -0.4 is 0 Å². The quantitative estimate of drug-likeness (QED) is 0.810. The van der Waals surface area contributed by atoms with Crippen molar-refractivity contribution in [3.8, 4) is 5.75 Å². The van der Waals surface area contributed by atoms with Gasteiger partial charge in [0.25, 0.3) is 5.91 Å². The Morgan fingerprint density at radius 3 is 2.60 bits per heavy atom. The highest BCUT2D eigenvalue weighted by atomic mass is 16.5. The van der Waals surface area contributed by atoms with Crippen LogP contribution in [0.3, 0.4) is 0 Å². The molecule has 0 aromatic heterocycles. The van der Waals surface area contributed by atoms with Gasteiger partial charge in [-0.1, -0.05) is 18.6 Å². The van der Waals surface area contributed by atoms with Crippen molar-refractivity contribution in [1.82, 2.24) is 4.90 Å². The summed E-state index contributed by atoms with van der Waals surface area (Å²) in [5, 5.41) is 9.80. The van der Waals surface area contributed by atoms with E-state index in [1.165, 1.54) is 11.0 Å². The van der Waals surface area contributed by atoms with Gasteiger partial charge in [-0.05, 0) is 32.4 Å². The van der Waals surface area contributed by atoms with Crippen molar-refractivity contribution in [2.75, 3.05) is 19.7 Å². The summed E-state index contributed by atoms with van der Waals surface area (Å²) in [5.74, 6) is -0.881. The molecule has 0 saturated heterocycles. The second kappa shape index (κ2) is 7.53. The van der Waals surface area contributed by atoms with Gasteiger partial charge in [-0.15, -0.1) is 0 Å². The Bertz CT molecular complexity index is 485. The molecule has 1 aromatic carbocycles. The van der Waals surface area contributed by atoms with Gasteiger partial charge < -0.3 is 14.7 Å². The van der Waals surface area contributed by atoms with E-state index < -0.39 is 5.97 Å². The summed E-state index contributed by atoms with van der Waals surface area (Å²) in [6, 6.07) is 4.82. The Kier molecular flexibility index (Phi) is 6.03. The van der Waals surface area contributed by atoms with Crippen molar-refractivity contribution < 1.29 is 19.4 Å². The summed E-state index contributed by atoms with van der Waals surface area (Å²) in [7, 11) is 0. The fourth-order valence-corrected chi connectivity index (χ4v) is 1.88. The predicted molar refractivity (Wildman–Crippen MR) is 75.7 cm³/mol. The minimum atomic E-state index is -0.443. The van der Waals surface area contributed by atoms with Crippen molar-refractivity contribution in [3.63, 3.8) is 0 Å². The first-order valence-corrected chi connectivity index (χ1v) is 6.74. The standard InChI is InChI=1S/C15H21NO4/c1-4-8-16(10-14(18)20-5-2)15(19)12-9-11(3)6-7-13(12)17/h6-7,9,17H,4-5,8,10H2,1-3H3. The predicted octanol–water partition coefficient (Wildman–Crippen LogP) is 2.12. The van der Waals surface area contributed by atoms with Crippen molar-refractivity contribution in [2.24, 2.45) is 0 Å². The van der Waals surface area contributed by atoms with Gasteiger partial charge >= 0.3 is 5.97 Å². The summed E-state index contributed by atoms with van der Waals surface area (Å²) >= 11 is 0. The molecule has 1 amide bonds. The average Bonchev–Trinajstić information content (AvgIpc) is 2.40. The van der Waals surface area contributed by atoms with Crippen LogP contribution in [0, 0.1) is 6.92 Å². The number of phenolic OH excluding ortho intramolecular Hbond substituents is 1. The molecular formula is C15H21NO4. The van der Waals surface area contributed by atoms with Gasteiger partial charge in [0.2, 0.25) is 0 Å². The summed E-state index contributed by atoms with van der Waals surface area (Å²) in [4.78, 5) is 25.3. The molecule has 0 aliphatic heterocycles. The lowest BCUT2D eigenvalue weighted by Gasteiger charge is -2.21. The van der Waals surface area contributed by atoms with E-state index in [9.17, 15) is 14.7 Å². The van der Waals surface area contributed by atoms with E-state index in [0.717, 1.165) is 12.0 Å². The number of nitrogens with zero attached hydrogens (tertiary/aromatic N) is 1. The fraction of sp³-hybridized carbons (Fsp3) is 0.467. The van der Waals surface area contributed by atoms with Crippen molar-refractivity contribution in [1.29, 1.82) is 0 Å². The summed E-state index contributed by atoms with van der Waals surface area (Å²) in [6.45, 7) is 6.09. The number of benzene rings is 1. The molecule has 5 heteroatoms. The lowest BCUT2D eigenvalue weighted by molar-refractivity contribution is -0.143. The van der Waals surface area contributed by atoms with E-state index in [0.29, 0.717) is 6.54 Å². The second-order valence-corrected chi connectivity index (χ2v) is 4.55. The Labute approximate surface area is 119 Å². The number of aryl methyl sites for hydroxylation is 1. The van der Waals surface area contributed by atoms with E-state index in [1.807, 2.05) is 13.8 Å². The highest BCUT2D eigenvalue weighted by Gasteiger charge is 2.21. The smallest absolute Gasteiger partial charge is 0.325 e. The minimum Gasteiger partial charge on any atom is -0.507 e. The van der Waals surface area contributed by atoms with E-state index in [1.54, 1.807) is 19.1 Å². The van der Waals surface area contributed by atoms with Crippen LogP contribution in [0.4, 0.5) is 0 Å². The van der Waals surface area contributed by atoms with Crippen molar-refractivity contribution >= 4 is 11.9 Å². The van der Waals surface area contributed by atoms with Gasteiger partial charge in [-0.2, -0.15) is 0 Å². The fourth-order valence-electron chi connectivity index (χ4n) is 1.88. The molecule has 1 aromatic rings. The molecule has 20 heavy (non-hydrogen) atoms. The van der Waals surface area contributed by atoms with E-state index in [2.05, 4.69) is 0 Å². The maximum atomic E-state index is 12.4. The Morgan fingerprint density at radius 1 is 1.30 bits per heavy atom. The third-order valence-electron chi connectivity index (χ3n) is 2.79. The molecule has 0 saturated carbocycles. The molecule has 0 bridgehead atoms. The molecule has 0 unspecified atom stereocenters. The largest absolute Gasteiger partial charge is 0.507 e. The van der Waals surface area contributed by atoms with Gasteiger partial charge in [-0.3, -0.25) is 9.59 Å². The molecule has 1 rings (SSSR count). The number of carbonyl (C=O) groups is 2. The second-order valence-electron chi connectivity index (χ2n) is 4.55. The molecule has 110 valence electrons. The molecular weight excluding hydrogens is 258 g/mol. The number of esters is 1. The van der Waals surface area contributed by atoms with E-state index in [4.69, 9.17) is 4.74 Å². The van der Waals surface area contributed by atoms with Gasteiger partial charge in [0.05, 0.1) is 12.2 Å². The number of amides is 1. The zero-order chi connectivity index (χ0) is 15.1. The topological polar surface area (TPSA) is 66.8 Å². The lowest BCUT2D eigenvalue weighted by Crippen LogP contribution is -2.37. The van der Waals surface area contributed by atoms with Gasteiger partial charge in [0.1, 0.15) is 12.3 Å². The van der Waals surface area contributed by atoms with E-state index in [-0.39, 0.29) is 30.4 Å². The number of aromatic hydroxyl groups is 1. The van der Waals surface area contributed by atoms with Gasteiger partial charge in [0, 0.05) is 6.54 Å². The van der Waals surface area contributed by atoms with Crippen LogP contribution in [-0.2, 0) is 9.53 Å². The third kappa shape index (κ3) is 4.26. The van der Waals surface area contributed by atoms with Gasteiger partial charge in [0.15, 0.2) is 0 Å². The number of carbonyl (C=O) groups excluding carboxylic acids is 2. The lowest BCUT2D eigenvalue weighted by atomic mass is 10.1. The molecule has 0 heterocycles. The van der Waals surface area contributed by atoms with Crippen molar-refractivity contribution in [3.05, 3.63) is 29.3 Å². The van der Waals surface area contributed by atoms with Crippen LogP contribution in [0.25, 0.3) is 0 Å². The maximum Gasteiger partial charge on any atom is 0.325 e. The molecule has 1 N–H and O–H groups in total. The van der Waals surface area contributed by atoms with Crippen molar-refractivity contribution in [2.45, 2.75) is 27.2 Å². The van der Waals surface area contributed by atoms with Crippen LogP contribution in [-0.4, -0.2) is 41.6 Å². The SMILES string of the molecule is CCCN(CC(=O)OCC)C(=O)c1cc(C)ccc1O. The minimum absolute atomic E-state index is 0.0782. The molecule has 0 fully saturated rings. The number of ether oxygens (including phenoxy) is 1. The monoisotopic (exact) mass is 279 g/mol. The molecule has 0 aliphatic rings. The van der Waals surface area contributed by atoms with E-state index >= 15 is 0 Å². The zero-order valence-corrected chi connectivity index (χ0v) is 12.2. The number of hydrogen-bond donors (Lipinski definition) is 1. The average molecular weight is 279 g/mol. The Balaban J connectivity index is 2.93. The Hall–Kier alpha value is -2.04. The summed E-state index contributed by atoms with van der Waals surface area (Å²) < 4.78 is 4.86. The first kappa shape index (κ1) is 16.0. The molecule has 0 aliphatic carbocycles. The van der Waals surface area contributed by atoms with Crippen LogP contribution in [0.5, 0.6) is 5.75 Å². The normalized spacial score (nSPS) is 10.2. The third-order valence-corrected chi connectivity index (χ3v) is 2.79. The van der Waals surface area contributed by atoms with Crippen LogP contribution in [0.15, 0.2) is 18.2 Å². The zero-order valence-electron chi connectivity index (χ0n) is 12.2. The maximum absolute atomic E-state index is 12.4. The molecule has 5 nitrogen and oxygen atoms in total. The number of rotatable bonds is 6. The Morgan fingerprint density at radius 2 is 2.00 bits per heavy atom. The number of phenols is 1.